The van der Waals surface area contributed by atoms with Gasteiger partial charge in [-0.15, -0.1) is 0 Å². The first kappa shape index (κ1) is 21.8. The minimum Gasteiger partial charge on any atom is -0.508 e. The van der Waals surface area contributed by atoms with E-state index in [1.165, 1.54) is 4.90 Å². The maximum atomic E-state index is 11.8. The molecule has 2 rings (SSSR count). The number of hydrogen-bond acceptors (Lipinski definition) is 3. The van der Waals surface area contributed by atoms with Crippen LogP contribution in [0.4, 0.5) is 0 Å². The molecule has 28 heavy (non-hydrogen) atoms. The fourth-order valence-corrected chi connectivity index (χ4v) is 3.19. The third kappa shape index (κ3) is 5.29. The Morgan fingerprint density at radius 1 is 1.25 bits per heavy atom. The summed E-state index contributed by atoms with van der Waals surface area (Å²) in [5, 5.41) is 10.6. The summed E-state index contributed by atoms with van der Waals surface area (Å²) in [7, 11) is 3.37. The Hall–Kier alpha value is -2.46. The van der Waals surface area contributed by atoms with Crippen molar-refractivity contribution in [2.75, 3.05) is 20.7 Å². The van der Waals surface area contributed by atoms with Crippen LogP contribution in [-0.4, -0.2) is 36.6 Å². The summed E-state index contributed by atoms with van der Waals surface area (Å²) < 4.78 is 5.62. The minimum absolute atomic E-state index is 0.0476. The number of hydrogen-bond donors (Lipinski definition) is 1. The van der Waals surface area contributed by atoms with Crippen LogP contribution in [0.15, 0.2) is 36.9 Å². The third-order valence-electron chi connectivity index (χ3n) is 4.58. The zero-order valence-corrected chi connectivity index (χ0v) is 17.9. The van der Waals surface area contributed by atoms with Gasteiger partial charge in [-0.3, -0.25) is 4.79 Å². The van der Waals surface area contributed by atoms with Gasteiger partial charge < -0.3 is 14.7 Å². The number of carbonyl (C=O) groups excluding carboxylic acids is 1. The number of phenolic OH excluding ortho intramolecular Hbond substituents is 1. The van der Waals surface area contributed by atoms with E-state index in [1.807, 2.05) is 39.0 Å². The van der Waals surface area contributed by atoms with Crippen LogP contribution in [0, 0.1) is 0 Å². The third-order valence-corrected chi connectivity index (χ3v) is 4.92. The highest BCUT2D eigenvalue weighted by molar-refractivity contribution is 6.31. The van der Waals surface area contributed by atoms with Crippen molar-refractivity contribution in [1.29, 1.82) is 0 Å². The Morgan fingerprint density at radius 3 is 2.50 bits per heavy atom. The lowest BCUT2D eigenvalue weighted by Gasteiger charge is -2.17. The quantitative estimate of drug-likeness (QED) is 0.688. The lowest BCUT2D eigenvalue weighted by Crippen LogP contribution is -2.27. The molecule has 0 saturated carbocycles. The summed E-state index contributed by atoms with van der Waals surface area (Å²) >= 11 is 6.57. The van der Waals surface area contributed by atoms with Gasteiger partial charge >= 0.3 is 0 Å². The molecule has 2 aromatic rings. The number of nitrogens with zero attached hydrogens (tertiary/aromatic N) is 1. The predicted molar refractivity (Wildman–Crippen MR) is 115 cm³/mol. The second kappa shape index (κ2) is 9.16. The molecule has 0 fully saturated rings. The molecular weight excluding hydrogens is 374 g/mol. The molecule has 4 nitrogen and oxygen atoms in total. The molecule has 0 radical (unpaired) electrons. The van der Waals surface area contributed by atoms with Crippen molar-refractivity contribution in [3.63, 3.8) is 0 Å². The van der Waals surface area contributed by atoms with Crippen molar-refractivity contribution < 1.29 is 14.6 Å². The molecule has 0 aromatic heterocycles. The number of allylic oxidation sites excluding steroid dienone is 1. The zero-order chi connectivity index (χ0) is 21.0. The van der Waals surface area contributed by atoms with E-state index in [9.17, 15) is 9.90 Å². The van der Waals surface area contributed by atoms with Crippen LogP contribution in [0.2, 0.25) is 5.02 Å². The van der Waals surface area contributed by atoms with Crippen LogP contribution in [0.3, 0.4) is 0 Å². The van der Waals surface area contributed by atoms with Crippen LogP contribution in [0.25, 0.3) is 5.57 Å². The van der Waals surface area contributed by atoms with E-state index in [0.29, 0.717) is 22.9 Å². The highest BCUT2D eigenvalue weighted by Gasteiger charge is 2.15. The summed E-state index contributed by atoms with van der Waals surface area (Å²) in [6.45, 7) is 10.0. The van der Waals surface area contributed by atoms with Gasteiger partial charge in [0.1, 0.15) is 11.5 Å². The maximum Gasteiger partial charge on any atom is 0.259 e. The number of rotatable bonds is 7. The molecule has 0 aliphatic carbocycles. The van der Waals surface area contributed by atoms with E-state index in [0.717, 1.165) is 27.8 Å². The maximum absolute atomic E-state index is 11.8. The molecule has 0 aliphatic rings. The molecular formula is C23H28ClNO3. The van der Waals surface area contributed by atoms with E-state index >= 15 is 0 Å². The summed E-state index contributed by atoms with van der Waals surface area (Å²) in [5.74, 6) is 0.943. The van der Waals surface area contributed by atoms with E-state index in [-0.39, 0.29) is 18.4 Å². The summed E-state index contributed by atoms with van der Waals surface area (Å²) in [6.07, 6.45) is 0.609. The molecule has 0 heterocycles. The fraction of sp³-hybridized carbons (Fsp3) is 0.348. The van der Waals surface area contributed by atoms with Crippen LogP contribution in [0.5, 0.6) is 11.5 Å². The molecule has 2 aromatic carbocycles. The number of amides is 1. The van der Waals surface area contributed by atoms with Gasteiger partial charge in [0, 0.05) is 19.1 Å². The smallest absolute Gasteiger partial charge is 0.259 e. The topological polar surface area (TPSA) is 49.8 Å². The number of aromatic hydroxyl groups is 1. The molecule has 5 heteroatoms. The molecule has 1 amide bonds. The van der Waals surface area contributed by atoms with Crippen molar-refractivity contribution >= 4 is 23.1 Å². The van der Waals surface area contributed by atoms with E-state index in [2.05, 4.69) is 6.58 Å². The van der Waals surface area contributed by atoms with Gasteiger partial charge in [-0.1, -0.05) is 49.7 Å². The van der Waals surface area contributed by atoms with Crippen molar-refractivity contribution in [2.24, 2.45) is 0 Å². The SMILES string of the molecule is C=C(C)c1cc(OCC(=O)N(C)C)cc(Cl)c1Cc1ccc(O)c(C(C)C)c1. The van der Waals surface area contributed by atoms with Gasteiger partial charge in [0.25, 0.3) is 5.91 Å². The first-order chi connectivity index (χ1) is 13.1. The summed E-state index contributed by atoms with van der Waals surface area (Å²) in [6, 6.07) is 9.24. The van der Waals surface area contributed by atoms with E-state index < -0.39 is 0 Å². The monoisotopic (exact) mass is 401 g/mol. The summed E-state index contributed by atoms with van der Waals surface area (Å²) in [5.41, 5.74) is 4.68. The Morgan fingerprint density at radius 2 is 1.93 bits per heavy atom. The lowest BCUT2D eigenvalue weighted by atomic mass is 9.93. The van der Waals surface area contributed by atoms with Crippen LogP contribution >= 0.6 is 11.6 Å². The van der Waals surface area contributed by atoms with Crippen LogP contribution < -0.4 is 4.74 Å². The average molecular weight is 402 g/mol. The fourth-order valence-electron chi connectivity index (χ4n) is 2.91. The van der Waals surface area contributed by atoms with Crippen molar-refractivity contribution in [3.8, 4) is 11.5 Å². The molecule has 0 spiro atoms. The number of carbonyl (C=O) groups is 1. The Labute approximate surface area is 172 Å². The zero-order valence-electron chi connectivity index (χ0n) is 17.2. The average Bonchev–Trinajstić information content (AvgIpc) is 2.62. The van der Waals surface area contributed by atoms with Gasteiger partial charge in [0.05, 0.1) is 0 Å². The number of halogens is 1. The predicted octanol–water partition coefficient (Wildman–Crippen LogP) is 5.26. The lowest BCUT2D eigenvalue weighted by molar-refractivity contribution is -0.130. The second-order valence-corrected chi connectivity index (χ2v) is 7.92. The Bertz CT molecular complexity index is 888. The first-order valence-electron chi connectivity index (χ1n) is 9.23. The Kier molecular flexibility index (Phi) is 7.14. The number of ether oxygens (including phenoxy) is 1. The molecule has 0 saturated heterocycles. The first-order valence-corrected chi connectivity index (χ1v) is 9.61. The molecule has 0 unspecified atom stereocenters. The Balaban J connectivity index is 2.35. The highest BCUT2D eigenvalue weighted by Crippen LogP contribution is 2.34. The van der Waals surface area contributed by atoms with Gasteiger partial charge in [0.15, 0.2) is 6.61 Å². The van der Waals surface area contributed by atoms with Crippen molar-refractivity contribution in [2.45, 2.75) is 33.1 Å². The van der Waals surface area contributed by atoms with Crippen molar-refractivity contribution in [3.05, 3.63) is 64.2 Å². The minimum atomic E-state index is -0.123. The standard InChI is InChI=1S/C23H28ClNO3/c1-14(2)18-11-17(28-13-23(27)25(5)6)12-21(24)20(18)10-16-7-8-22(26)19(9-16)15(3)4/h7-9,11-12,15,26H,1,10,13H2,2-6H3. The molecule has 150 valence electrons. The van der Waals surface area contributed by atoms with E-state index in [1.54, 1.807) is 26.2 Å². The van der Waals surface area contributed by atoms with E-state index in [4.69, 9.17) is 16.3 Å². The van der Waals surface area contributed by atoms with Gasteiger partial charge in [-0.2, -0.15) is 0 Å². The molecule has 0 atom stereocenters. The van der Waals surface area contributed by atoms with Crippen LogP contribution in [-0.2, 0) is 11.2 Å². The largest absolute Gasteiger partial charge is 0.508 e. The van der Waals surface area contributed by atoms with Crippen LogP contribution in [0.1, 0.15) is 48.9 Å². The number of phenols is 1. The van der Waals surface area contributed by atoms with Gasteiger partial charge in [-0.25, -0.2) is 0 Å². The normalized spacial score (nSPS) is 10.8. The van der Waals surface area contributed by atoms with Gasteiger partial charge in [-0.05, 0) is 59.7 Å². The second-order valence-electron chi connectivity index (χ2n) is 7.51. The number of benzene rings is 2. The summed E-state index contributed by atoms with van der Waals surface area (Å²) in [4.78, 5) is 13.3. The number of likely N-dealkylation sites (N-methyl/N-ethyl adjacent to an activating group) is 1. The van der Waals surface area contributed by atoms with Crippen molar-refractivity contribution in [1.82, 2.24) is 4.90 Å². The van der Waals surface area contributed by atoms with Gasteiger partial charge in [0.2, 0.25) is 0 Å². The molecule has 0 bridgehead atoms. The molecule has 0 aliphatic heterocycles. The highest BCUT2D eigenvalue weighted by atomic mass is 35.5. The molecule has 1 N–H and O–H groups in total.